The van der Waals surface area contributed by atoms with E-state index in [1.165, 1.54) is 29.0 Å². The number of allylic oxidation sites excluding steroid dienone is 3. The number of halogens is 2. The lowest BCUT2D eigenvalue weighted by Gasteiger charge is -2.43. The average Bonchev–Trinajstić information content (AvgIpc) is 3.54. The number of nitrogens with two attached hydrogens (primary N) is 1. The van der Waals surface area contributed by atoms with Gasteiger partial charge in [-0.3, -0.25) is 4.90 Å². The van der Waals surface area contributed by atoms with Gasteiger partial charge in [0.2, 0.25) is 0 Å². The van der Waals surface area contributed by atoms with Crippen molar-refractivity contribution in [2.75, 3.05) is 26.0 Å². The molecule has 11 heteroatoms. The Morgan fingerprint density at radius 3 is 2.55 bits per heavy atom. The first kappa shape index (κ1) is 34.5. The van der Waals surface area contributed by atoms with Crippen molar-refractivity contribution in [3.63, 3.8) is 0 Å². The standard InChI is InChI=1S/C36H46F2N2O6S/c1-3-21-6-7-22(34-32(42)31(41)33(43)36(46-34)47-2)15-23(21)14-20-4-9-26(10-5-20)45-27-12-13-40(18-27)25-17-30(39)35(44-19-25)28-16-24(37)8-11-29(28)38/h4-6,8-11,15-16,22,25,27,30-36,41-43H,3,7,12-14,17-19,39H2,1-2H3/t22?,25?,27-,30+,31-,32-,33+,34+,35-,36-/m1/s1. The fourth-order valence-electron chi connectivity index (χ4n) is 7.47. The summed E-state index contributed by atoms with van der Waals surface area (Å²) in [5.74, 6) is -0.325. The summed E-state index contributed by atoms with van der Waals surface area (Å²) < 4.78 is 46.5. The molecule has 3 fully saturated rings. The fourth-order valence-corrected chi connectivity index (χ4v) is 8.15. The molecule has 5 N–H and O–H groups in total. The molecule has 3 aliphatic heterocycles. The molecule has 2 aromatic rings. The second kappa shape index (κ2) is 15.0. The first-order chi connectivity index (χ1) is 22.6. The van der Waals surface area contributed by atoms with Crippen LogP contribution in [-0.2, 0) is 15.9 Å². The van der Waals surface area contributed by atoms with Crippen molar-refractivity contribution >= 4 is 11.8 Å². The van der Waals surface area contributed by atoms with Crippen LogP contribution in [0.2, 0.25) is 0 Å². The topological polar surface area (TPSA) is 118 Å². The van der Waals surface area contributed by atoms with Crippen molar-refractivity contribution in [1.82, 2.24) is 4.90 Å². The van der Waals surface area contributed by atoms with E-state index in [0.717, 1.165) is 55.8 Å². The molecule has 2 aromatic carbocycles. The smallest absolute Gasteiger partial charge is 0.132 e. The highest BCUT2D eigenvalue weighted by molar-refractivity contribution is 7.99. The van der Waals surface area contributed by atoms with Crippen LogP contribution in [0, 0.1) is 17.6 Å². The van der Waals surface area contributed by atoms with Gasteiger partial charge in [0, 0.05) is 36.7 Å². The number of thioether (sulfide) groups is 1. The highest BCUT2D eigenvalue weighted by Crippen LogP contribution is 2.37. The number of aliphatic hydroxyl groups excluding tert-OH is 3. The molecule has 0 aromatic heterocycles. The number of likely N-dealkylation sites (tertiary alicyclic amines) is 1. The third kappa shape index (κ3) is 7.63. The lowest BCUT2D eigenvalue weighted by Crippen LogP contribution is -2.58. The van der Waals surface area contributed by atoms with Gasteiger partial charge in [-0.2, -0.15) is 0 Å². The third-order valence-electron chi connectivity index (χ3n) is 10.1. The zero-order valence-electron chi connectivity index (χ0n) is 26.9. The molecule has 256 valence electrons. The number of ether oxygens (including phenoxy) is 3. The lowest BCUT2D eigenvalue weighted by atomic mass is 9.80. The highest BCUT2D eigenvalue weighted by atomic mass is 32.2. The molecule has 2 unspecified atom stereocenters. The molecule has 1 aliphatic carbocycles. The number of aliphatic hydroxyl groups is 3. The van der Waals surface area contributed by atoms with Gasteiger partial charge < -0.3 is 35.3 Å². The molecule has 6 rings (SSSR count). The number of benzene rings is 2. The van der Waals surface area contributed by atoms with Crippen LogP contribution in [-0.4, -0.2) is 94.2 Å². The van der Waals surface area contributed by atoms with E-state index in [1.54, 1.807) is 0 Å². The summed E-state index contributed by atoms with van der Waals surface area (Å²) in [6.07, 6.45) is 5.19. The van der Waals surface area contributed by atoms with Crippen LogP contribution in [0.4, 0.5) is 8.78 Å². The Morgan fingerprint density at radius 1 is 1.04 bits per heavy atom. The summed E-state index contributed by atoms with van der Waals surface area (Å²) in [6.45, 7) is 4.11. The molecule has 10 atom stereocenters. The Labute approximate surface area is 279 Å². The zero-order chi connectivity index (χ0) is 33.2. The van der Waals surface area contributed by atoms with Gasteiger partial charge in [-0.15, -0.1) is 11.8 Å². The van der Waals surface area contributed by atoms with Crippen molar-refractivity contribution in [3.8, 4) is 5.75 Å². The summed E-state index contributed by atoms with van der Waals surface area (Å²) in [6, 6.07) is 11.2. The van der Waals surface area contributed by atoms with Crippen LogP contribution >= 0.6 is 11.8 Å². The van der Waals surface area contributed by atoms with E-state index in [2.05, 4.69) is 36.1 Å². The van der Waals surface area contributed by atoms with Crippen molar-refractivity contribution < 1.29 is 38.3 Å². The van der Waals surface area contributed by atoms with E-state index >= 15 is 0 Å². The van der Waals surface area contributed by atoms with Crippen molar-refractivity contribution in [1.29, 1.82) is 0 Å². The Morgan fingerprint density at radius 2 is 1.83 bits per heavy atom. The molecule has 0 saturated carbocycles. The predicted octanol–water partition coefficient (Wildman–Crippen LogP) is 4.27. The summed E-state index contributed by atoms with van der Waals surface area (Å²) in [5.41, 5.74) is 9.56. The van der Waals surface area contributed by atoms with Crippen molar-refractivity contribution in [3.05, 3.63) is 88.5 Å². The SMILES string of the molecule is CCC1=CCC([C@@H]2O[C@H](SC)[C@@H](O)[C@H](O)[C@H]2O)C=C1Cc1ccc(O[C@@H]2CCN(C3CO[C@H](c4cc(F)ccc4F)[C@@H](N)C3)C2)cc1. The van der Waals surface area contributed by atoms with E-state index in [0.29, 0.717) is 19.4 Å². The molecular formula is C36H46F2N2O6S. The molecule has 47 heavy (non-hydrogen) atoms. The van der Waals surface area contributed by atoms with Gasteiger partial charge in [0.1, 0.15) is 53.3 Å². The average molecular weight is 673 g/mol. The Balaban J connectivity index is 1.03. The molecule has 0 bridgehead atoms. The predicted molar refractivity (Wildman–Crippen MR) is 177 cm³/mol. The Hall–Kier alpha value is -2.35. The molecular weight excluding hydrogens is 626 g/mol. The fraction of sp³-hybridized carbons (Fsp3) is 0.556. The second-order valence-corrected chi connectivity index (χ2v) is 14.1. The maximum absolute atomic E-state index is 14.3. The van der Waals surface area contributed by atoms with Crippen LogP contribution in [0.3, 0.4) is 0 Å². The maximum Gasteiger partial charge on any atom is 0.132 e. The van der Waals surface area contributed by atoms with Gasteiger partial charge in [-0.1, -0.05) is 31.2 Å². The Kier molecular flexibility index (Phi) is 11.0. The summed E-state index contributed by atoms with van der Waals surface area (Å²) in [4.78, 5) is 2.32. The van der Waals surface area contributed by atoms with Gasteiger partial charge in [-0.25, -0.2) is 8.78 Å². The quantitative estimate of drug-likeness (QED) is 0.310. The van der Waals surface area contributed by atoms with Crippen LogP contribution in [0.1, 0.15) is 49.8 Å². The van der Waals surface area contributed by atoms with Gasteiger partial charge in [0.25, 0.3) is 0 Å². The van der Waals surface area contributed by atoms with Gasteiger partial charge >= 0.3 is 0 Å². The van der Waals surface area contributed by atoms with Gasteiger partial charge in [0.05, 0.1) is 12.7 Å². The largest absolute Gasteiger partial charge is 0.489 e. The second-order valence-electron chi connectivity index (χ2n) is 13.2. The minimum Gasteiger partial charge on any atom is -0.489 e. The molecule has 0 radical (unpaired) electrons. The van der Waals surface area contributed by atoms with E-state index in [9.17, 15) is 24.1 Å². The van der Waals surface area contributed by atoms with E-state index in [-0.39, 0.29) is 23.6 Å². The first-order valence-electron chi connectivity index (χ1n) is 16.6. The van der Waals surface area contributed by atoms with Crippen LogP contribution in [0.15, 0.2) is 65.8 Å². The minimum atomic E-state index is -1.25. The highest BCUT2D eigenvalue weighted by Gasteiger charge is 2.46. The zero-order valence-corrected chi connectivity index (χ0v) is 27.7. The van der Waals surface area contributed by atoms with Gasteiger partial charge in [-0.05, 0) is 85.4 Å². The van der Waals surface area contributed by atoms with E-state index in [4.69, 9.17) is 19.9 Å². The first-order valence-corrected chi connectivity index (χ1v) is 17.9. The maximum atomic E-state index is 14.3. The van der Waals surface area contributed by atoms with E-state index in [1.807, 2.05) is 18.4 Å². The third-order valence-corrected chi connectivity index (χ3v) is 10.9. The molecule has 3 saturated heterocycles. The summed E-state index contributed by atoms with van der Waals surface area (Å²) in [7, 11) is 0. The van der Waals surface area contributed by atoms with Gasteiger partial charge in [0.15, 0.2) is 0 Å². The van der Waals surface area contributed by atoms with E-state index < -0.39 is 53.6 Å². The molecule has 4 aliphatic rings. The number of rotatable bonds is 9. The molecule has 0 spiro atoms. The number of nitrogens with zero attached hydrogens (tertiary/aromatic N) is 1. The Bertz CT molecular complexity index is 1440. The molecule has 3 heterocycles. The number of hydrogen-bond donors (Lipinski definition) is 4. The van der Waals surface area contributed by atoms with Crippen LogP contribution in [0.5, 0.6) is 5.75 Å². The number of hydrogen-bond acceptors (Lipinski definition) is 9. The normalized spacial score (nSPS) is 35.0. The monoisotopic (exact) mass is 672 g/mol. The summed E-state index contributed by atoms with van der Waals surface area (Å²) in [5, 5.41) is 31.5. The van der Waals surface area contributed by atoms with Crippen LogP contribution in [0.25, 0.3) is 0 Å². The van der Waals surface area contributed by atoms with Crippen LogP contribution < -0.4 is 10.5 Å². The molecule has 0 amide bonds. The summed E-state index contributed by atoms with van der Waals surface area (Å²) >= 11 is 1.33. The lowest BCUT2D eigenvalue weighted by molar-refractivity contribution is -0.206. The van der Waals surface area contributed by atoms with Crippen molar-refractivity contribution in [2.45, 2.75) is 93.2 Å². The molecule has 8 nitrogen and oxygen atoms in total. The minimum absolute atomic E-state index is 0.0211. The van der Waals surface area contributed by atoms with Crippen molar-refractivity contribution in [2.24, 2.45) is 11.7 Å².